The summed E-state index contributed by atoms with van der Waals surface area (Å²) in [6.45, 7) is 6.99. The molecule has 4 heteroatoms. The van der Waals surface area contributed by atoms with Gasteiger partial charge in [0, 0.05) is 12.6 Å². The number of primary amides is 1. The van der Waals surface area contributed by atoms with E-state index in [1.807, 2.05) is 13.8 Å². The van der Waals surface area contributed by atoms with Gasteiger partial charge in [0.05, 0.1) is 12.1 Å². The van der Waals surface area contributed by atoms with Gasteiger partial charge in [-0.25, -0.2) is 0 Å². The molecular weight excluding hydrogens is 216 g/mol. The Kier molecular flexibility index (Phi) is 5.92. The minimum absolute atomic E-state index is 0.222. The summed E-state index contributed by atoms with van der Waals surface area (Å²) in [5.41, 5.74) is 5.42. The first-order valence-electron chi connectivity index (χ1n) is 6.71. The molecule has 17 heavy (non-hydrogen) atoms. The lowest BCUT2D eigenvalue weighted by molar-refractivity contribution is -0.121. The van der Waals surface area contributed by atoms with Gasteiger partial charge in [0.2, 0.25) is 5.91 Å². The molecule has 3 atom stereocenters. The number of carbonyl (C=O) groups is 1. The number of nitrogens with two attached hydrogens (primary N) is 1. The molecule has 1 aliphatic rings. The molecule has 0 saturated carbocycles. The number of ether oxygens (including phenoxy) is 1. The molecule has 0 aromatic heterocycles. The van der Waals surface area contributed by atoms with Gasteiger partial charge >= 0.3 is 0 Å². The lowest BCUT2D eigenvalue weighted by Gasteiger charge is -2.33. The van der Waals surface area contributed by atoms with E-state index in [-0.39, 0.29) is 17.9 Å². The summed E-state index contributed by atoms with van der Waals surface area (Å²) in [5, 5.41) is 3.39. The first-order valence-corrected chi connectivity index (χ1v) is 6.71. The molecule has 0 aromatic rings. The van der Waals surface area contributed by atoms with E-state index in [4.69, 9.17) is 10.5 Å². The number of rotatable bonds is 6. The van der Waals surface area contributed by atoms with Gasteiger partial charge in [0.1, 0.15) is 0 Å². The highest BCUT2D eigenvalue weighted by Crippen LogP contribution is 2.19. The summed E-state index contributed by atoms with van der Waals surface area (Å²) in [6.07, 6.45) is 4.54. The van der Waals surface area contributed by atoms with Crippen LogP contribution >= 0.6 is 0 Å². The summed E-state index contributed by atoms with van der Waals surface area (Å²) in [6, 6.07) is 0.139. The Morgan fingerprint density at radius 1 is 1.53 bits per heavy atom. The second-order valence-corrected chi connectivity index (χ2v) is 5.29. The van der Waals surface area contributed by atoms with Crippen LogP contribution in [-0.4, -0.2) is 30.7 Å². The van der Waals surface area contributed by atoms with E-state index in [1.54, 1.807) is 0 Å². The molecule has 1 fully saturated rings. The third-order valence-electron chi connectivity index (χ3n) is 3.37. The molecule has 0 radical (unpaired) electrons. The Morgan fingerprint density at radius 3 is 2.76 bits per heavy atom. The molecule has 0 spiro atoms. The van der Waals surface area contributed by atoms with Gasteiger partial charge in [0.25, 0.3) is 0 Å². The van der Waals surface area contributed by atoms with Crippen molar-refractivity contribution in [1.82, 2.24) is 5.32 Å². The highest BCUT2D eigenvalue weighted by atomic mass is 16.5. The fourth-order valence-electron chi connectivity index (χ4n) is 2.41. The van der Waals surface area contributed by atoms with Gasteiger partial charge in [-0.05, 0) is 25.2 Å². The Bertz CT molecular complexity index is 242. The average molecular weight is 242 g/mol. The fraction of sp³-hybridized carbons (Fsp3) is 0.923. The van der Waals surface area contributed by atoms with Crippen LogP contribution in [-0.2, 0) is 9.53 Å². The first kappa shape index (κ1) is 14.5. The van der Waals surface area contributed by atoms with Gasteiger partial charge in [-0.3, -0.25) is 4.79 Å². The number of amides is 1. The molecule has 0 aliphatic carbocycles. The van der Waals surface area contributed by atoms with Crippen molar-refractivity contribution in [2.45, 2.75) is 64.6 Å². The number of carbonyl (C=O) groups excluding carboxylic acids is 1. The summed E-state index contributed by atoms with van der Waals surface area (Å²) >= 11 is 0. The van der Waals surface area contributed by atoms with E-state index in [0.717, 1.165) is 32.3 Å². The number of hydrogen-bond donors (Lipinski definition) is 2. The van der Waals surface area contributed by atoms with Crippen LogP contribution in [0.1, 0.15) is 46.5 Å². The maximum absolute atomic E-state index is 11.4. The Morgan fingerprint density at radius 2 is 2.24 bits per heavy atom. The molecule has 1 saturated heterocycles. The largest absolute Gasteiger partial charge is 0.378 e. The van der Waals surface area contributed by atoms with E-state index in [0.29, 0.717) is 12.1 Å². The molecule has 0 aromatic carbocycles. The van der Waals surface area contributed by atoms with Crippen molar-refractivity contribution in [2.75, 3.05) is 6.61 Å². The lowest BCUT2D eigenvalue weighted by atomic mass is 9.96. The van der Waals surface area contributed by atoms with Gasteiger partial charge < -0.3 is 15.8 Å². The van der Waals surface area contributed by atoms with Crippen molar-refractivity contribution in [3.8, 4) is 0 Å². The minimum Gasteiger partial charge on any atom is -0.378 e. The lowest BCUT2D eigenvalue weighted by Crippen LogP contribution is -2.51. The smallest absolute Gasteiger partial charge is 0.234 e. The van der Waals surface area contributed by atoms with Crippen LogP contribution < -0.4 is 11.1 Å². The Hall–Kier alpha value is -0.610. The van der Waals surface area contributed by atoms with Crippen molar-refractivity contribution in [1.29, 1.82) is 0 Å². The topological polar surface area (TPSA) is 64.3 Å². The van der Waals surface area contributed by atoms with Crippen molar-refractivity contribution < 1.29 is 9.53 Å². The second kappa shape index (κ2) is 6.97. The fourth-order valence-corrected chi connectivity index (χ4v) is 2.41. The van der Waals surface area contributed by atoms with Gasteiger partial charge in [-0.1, -0.05) is 27.2 Å². The number of hydrogen-bond acceptors (Lipinski definition) is 3. The zero-order chi connectivity index (χ0) is 12.8. The van der Waals surface area contributed by atoms with Crippen LogP contribution in [0.4, 0.5) is 0 Å². The molecule has 100 valence electrons. The van der Waals surface area contributed by atoms with Crippen LogP contribution in [0.15, 0.2) is 0 Å². The SMILES string of the molecule is CCCC1CC(NC(C(N)=O)C(C)C)CCO1. The number of nitrogens with one attached hydrogen (secondary N) is 1. The molecule has 0 bridgehead atoms. The third-order valence-corrected chi connectivity index (χ3v) is 3.37. The van der Waals surface area contributed by atoms with Crippen LogP contribution in [0.3, 0.4) is 0 Å². The highest BCUT2D eigenvalue weighted by Gasteiger charge is 2.27. The monoisotopic (exact) mass is 242 g/mol. The standard InChI is InChI=1S/C13H26N2O2/c1-4-5-11-8-10(6-7-17-11)15-12(9(2)3)13(14)16/h9-12,15H,4-8H2,1-3H3,(H2,14,16). The summed E-state index contributed by atoms with van der Waals surface area (Å²) in [4.78, 5) is 11.4. The van der Waals surface area contributed by atoms with Gasteiger partial charge in [0.15, 0.2) is 0 Å². The van der Waals surface area contributed by atoms with Gasteiger partial charge in [-0.2, -0.15) is 0 Å². The quantitative estimate of drug-likeness (QED) is 0.740. The molecular formula is C13H26N2O2. The predicted octanol–water partition coefficient (Wildman–Crippen LogP) is 1.43. The maximum atomic E-state index is 11.4. The molecule has 3 unspecified atom stereocenters. The van der Waals surface area contributed by atoms with Crippen molar-refractivity contribution in [3.05, 3.63) is 0 Å². The van der Waals surface area contributed by atoms with E-state index in [1.165, 1.54) is 0 Å². The van der Waals surface area contributed by atoms with E-state index in [9.17, 15) is 4.79 Å². The van der Waals surface area contributed by atoms with E-state index >= 15 is 0 Å². The third kappa shape index (κ3) is 4.64. The van der Waals surface area contributed by atoms with Crippen LogP contribution in [0.5, 0.6) is 0 Å². The van der Waals surface area contributed by atoms with Gasteiger partial charge in [-0.15, -0.1) is 0 Å². The summed E-state index contributed by atoms with van der Waals surface area (Å²) in [7, 11) is 0. The molecule has 3 N–H and O–H groups in total. The van der Waals surface area contributed by atoms with Crippen molar-refractivity contribution >= 4 is 5.91 Å². The van der Waals surface area contributed by atoms with E-state index < -0.39 is 0 Å². The van der Waals surface area contributed by atoms with E-state index in [2.05, 4.69) is 12.2 Å². The van der Waals surface area contributed by atoms with Crippen molar-refractivity contribution in [3.63, 3.8) is 0 Å². The van der Waals surface area contributed by atoms with Crippen molar-refractivity contribution in [2.24, 2.45) is 11.7 Å². The summed E-state index contributed by atoms with van der Waals surface area (Å²) < 4.78 is 5.69. The van der Waals surface area contributed by atoms with Crippen LogP contribution in [0.25, 0.3) is 0 Å². The Balaban J connectivity index is 2.46. The molecule has 1 amide bonds. The first-order chi connectivity index (χ1) is 8.04. The summed E-state index contributed by atoms with van der Waals surface area (Å²) in [5.74, 6) is -0.0153. The second-order valence-electron chi connectivity index (χ2n) is 5.29. The van der Waals surface area contributed by atoms with Crippen LogP contribution in [0, 0.1) is 5.92 Å². The zero-order valence-corrected chi connectivity index (χ0v) is 11.2. The molecule has 1 heterocycles. The Labute approximate surface area is 104 Å². The predicted molar refractivity (Wildman–Crippen MR) is 68.6 cm³/mol. The molecule has 1 aliphatic heterocycles. The normalized spacial score (nSPS) is 27.1. The van der Waals surface area contributed by atoms with Crippen LogP contribution in [0.2, 0.25) is 0 Å². The molecule has 4 nitrogen and oxygen atoms in total. The maximum Gasteiger partial charge on any atom is 0.234 e. The minimum atomic E-state index is -0.251. The average Bonchev–Trinajstić information content (AvgIpc) is 2.26. The highest BCUT2D eigenvalue weighted by molar-refractivity contribution is 5.80. The molecule has 1 rings (SSSR count). The zero-order valence-electron chi connectivity index (χ0n) is 11.2.